The van der Waals surface area contributed by atoms with Crippen LogP contribution < -0.4 is 14.8 Å². The molecule has 0 aliphatic rings. The van der Waals surface area contributed by atoms with Crippen molar-refractivity contribution in [3.63, 3.8) is 0 Å². The van der Waals surface area contributed by atoms with Gasteiger partial charge in [-0.1, -0.05) is 11.6 Å². The lowest BCUT2D eigenvalue weighted by Crippen LogP contribution is -2.17. The third-order valence-electron chi connectivity index (χ3n) is 3.36. The molecule has 0 bridgehead atoms. The van der Waals surface area contributed by atoms with Crippen LogP contribution in [0.4, 0.5) is 24.7 Å². The summed E-state index contributed by atoms with van der Waals surface area (Å²) in [6.45, 7) is 0. The van der Waals surface area contributed by atoms with Crippen molar-refractivity contribution in [2.45, 2.75) is 6.36 Å². The van der Waals surface area contributed by atoms with Crippen LogP contribution in [0.15, 0.2) is 36.7 Å². The van der Waals surface area contributed by atoms with Gasteiger partial charge in [0, 0.05) is 17.1 Å². The van der Waals surface area contributed by atoms with Gasteiger partial charge in [0.1, 0.15) is 17.9 Å². The lowest BCUT2D eigenvalue weighted by molar-refractivity contribution is -0.274. The van der Waals surface area contributed by atoms with Gasteiger partial charge in [-0.25, -0.2) is 9.97 Å². The SMILES string of the molecule is COc1cc2ncnc(Nc3ccc(OC(F)(F)F)c(Cl)c3)c2cc1O. The van der Waals surface area contributed by atoms with Gasteiger partial charge in [0.15, 0.2) is 11.5 Å². The first-order valence-corrected chi connectivity index (χ1v) is 7.48. The quantitative estimate of drug-likeness (QED) is 0.681. The number of hydrogen-bond acceptors (Lipinski definition) is 6. The lowest BCUT2D eigenvalue weighted by Gasteiger charge is -2.13. The van der Waals surface area contributed by atoms with Gasteiger partial charge >= 0.3 is 6.36 Å². The summed E-state index contributed by atoms with van der Waals surface area (Å²) in [5, 5.41) is 13.1. The number of ether oxygens (including phenoxy) is 2. The third-order valence-corrected chi connectivity index (χ3v) is 3.65. The molecule has 10 heteroatoms. The van der Waals surface area contributed by atoms with E-state index < -0.39 is 12.1 Å². The van der Waals surface area contributed by atoms with E-state index in [1.807, 2.05) is 0 Å². The topological polar surface area (TPSA) is 76.5 Å². The Labute approximate surface area is 150 Å². The number of benzene rings is 2. The Morgan fingerprint density at radius 1 is 1.12 bits per heavy atom. The van der Waals surface area contributed by atoms with Crippen molar-refractivity contribution >= 4 is 34.0 Å². The smallest absolute Gasteiger partial charge is 0.504 e. The standard InChI is InChI=1S/C16H11ClF3N3O3/c1-25-14-6-11-9(5-12(14)24)15(22-7-21-11)23-8-2-3-13(10(17)4-8)26-16(18,19)20/h2-7,24H,1H3,(H,21,22,23). The van der Waals surface area contributed by atoms with Crippen LogP contribution in [-0.4, -0.2) is 28.5 Å². The van der Waals surface area contributed by atoms with Crippen LogP contribution in [0.3, 0.4) is 0 Å². The maximum absolute atomic E-state index is 12.3. The molecule has 6 nitrogen and oxygen atoms in total. The molecule has 0 saturated heterocycles. The fourth-order valence-electron chi connectivity index (χ4n) is 2.26. The predicted octanol–water partition coefficient (Wildman–Crippen LogP) is 4.64. The molecule has 0 aliphatic heterocycles. The van der Waals surface area contributed by atoms with Gasteiger partial charge in [-0.3, -0.25) is 0 Å². The van der Waals surface area contributed by atoms with Crippen molar-refractivity contribution < 1.29 is 27.8 Å². The van der Waals surface area contributed by atoms with E-state index in [9.17, 15) is 18.3 Å². The summed E-state index contributed by atoms with van der Waals surface area (Å²) in [6, 6.07) is 6.65. The van der Waals surface area contributed by atoms with Gasteiger partial charge in [-0.15, -0.1) is 13.2 Å². The zero-order valence-corrected chi connectivity index (χ0v) is 13.9. The van der Waals surface area contributed by atoms with Gasteiger partial charge in [0.25, 0.3) is 0 Å². The number of hydrogen-bond donors (Lipinski definition) is 2. The van der Waals surface area contributed by atoms with E-state index in [1.54, 1.807) is 0 Å². The van der Waals surface area contributed by atoms with Crippen LogP contribution in [-0.2, 0) is 0 Å². The van der Waals surface area contributed by atoms with Gasteiger partial charge in [-0.2, -0.15) is 0 Å². The highest BCUT2D eigenvalue weighted by Crippen LogP contribution is 2.36. The molecule has 2 aromatic carbocycles. The fourth-order valence-corrected chi connectivity index (χ4v) is 2.48. The van der Waals surface area contributed by atoms with Crippen LogP contribution in [0, 0.1) is 0 Å². The summed E-state index contributed by atoms with van der Waals surface area (Å²) in [5.74, 6) is -0.0446. The van der Waals surface area contributed by atoms with Crippen molar-refractivity contribution in [1.82, 2.24) is 9.97 Å². The maximum atomic E-state index is 12.3. The van der Waals surface area contributed by atoms with Gasteiger partial charge in [-0.05, 0) is 24.3 Å². The average Bonchev–Trinajstić information content (AvgIpc) is 2.56. The first-order chi connectivity index (χ1) is 12.3. The van der Waals surface area contributed by atoms with Crippen LogP contribution in [0.2, 0.25) is 5.02 Å². The summed E-state index contributed by atoms with van der Waals surface area (Å²) in [7, 11) is 1.41. The summed E-state index contributed by atoms with van der Waals surface area (Å²) in [5.41, 5.74) is 0.875. The molecule has 0 fully saturated rings. The molecule has 1 heterocycles. The second kappa shape index (κ2) is 6.75. The first-order valence-electron chi connectivity index (χ1n) is 7.11. The van der Waals surface area contributed by atoms with Crippen molar-refractivity contribution in [2.75, 3.05) is 12.4 Å². The normalized spacial score (nSPS) is 11.4. The second-order valence-electron chi connectivity index (χ2n) is 5.08. The molecule has 2 N–H and O–H groups in total. The van der Waals surface area contributed by atoms with Crippen molar-refractivity contribution in [2.24, 2.45) is 0 Å². The predicted molar refractivity (Wildman–Crippen MR) is 89.2 cm³/mol. The van der Waals surface area contributed by atoms with Gasteiger partial charge in [0.05, 0.1) is 17.6 Å². The number of nitrogens with one attached hydrogen (secondary N) is 1. The molecule has 0 saturated carbocycles. The minimum Gasteiger partial charge on any atom is -0.504 e. The molecule has 1 aromatic heterocycles. The van der Waals surface area contributed by atoms with Crippen molar-refractivity contribution in [3.8, 4) is 17.2 Å². The van der Waals surface area contributed by atoms with Crippen LogP contribution in [0.1, 0.15) is 0 Å². The van der Waals surface area contributed by atoms with E-state index in [2.05, 4.69) is 20.0 Å². The average molecular weight is 386 g/mol. The zero-order valence-electron chi connectivity index (χ0n) is 13.1. The summed E-state index contributed by atoms with van der Waals surface area (Å²) in [6.07, 6.45) is -3.54. The molecule has 0 atom stereocenters. The molecule has 26 heavy (non-hydrogen) atoms. The molecular formula is C16H11ClF3N3O3. The van der Waals surface area contributed by atoms with Crippen LogP contribution >= 0.6 is 11.6 Å². The van der Waals surface area contributed by atoms with Crippen molar-refractivity contribution in [3.05, 3.63) is 41.7 Å². The lowest BCUT2D eigenvalue weighted by atomic mass is 10.2. The minimum atomic E-state index is -4.84. The van der Waals surface area contributed by atoms with E-state index in [0.29, 0.717) is 22.4 Å². The molecule has 0 radical (unpaired) electrons. The van der Waals surface area contributed by atoms with E-state index in [4.69, 9.17) is 16.3 Å². The number of aromatic nitrogens is 2. The Morgan fingerprint density at radius 2 is 1.88 bits per heavy atom. The first kappa shape index (κ1) is 17.9. The van der Waals surface area contributed by atoms with Gasteiger partial charge in [0.2, 0.25) is 0 Å². The van der Waals surface area contributed by atoms with Crippen LogP contribution in [0.5, 0.6) is 17.2 Å². The molecule has 3 rings (SSSR count). The molecule has 0 spiro atoms. The third kappa shape index (κ3) is 3.83. The highest BCUT2D eigenvalue weighted by atomic mass is 35.5. The number of anilines is 2. The number of phenols is 1. The number of halogens is 4. The number of methoxy groups -OCH3 is 1. The molecule has 0 unspecified atom stereocenters. The summed E-state index contributed by atoms with van der Waals surface area (Å²) < 4.78 is 45.7. The van der Waals surface area contributed by atoms with E-state index in [1.165, 1.54) is 37.7 Å². The van der Waals surface area contributed by atoms with E-state index in [0.717, 1.165) is 6.07 Å². The number of nitrogens with zero attached hydrogens (tertiary/aromatic N) is 2. The van der Waals surface area contributed by atoms with E-state index in [-0.39, 0.29) is 16.5 Å². The molecule has 0 amide bonds. The van der Waals surface area contributed by atoms with Crippen molar-refractivity contribution in [1.29, 1.82) is 0 Å². The number of rotatable bonds is 4. The van der Waals surface area contributed by atoms with Gasteiger partial charge < -0.3 is 19.9 Å². The summed E-state index contributed by atoms with van der Waals surface area (Å²) >= 11 is 5.83. The zero-order chi connectivity index (χ0) is 18.9. The Kier molecular flexibility index (Phi) is 4.64. The molecular weight excluding hydrogens is 375 g/mol. The van der Waals surface area contributed by atoms with E-state index >= 15 is 0 Å². The summed E-state index contributed by atoms with van der Waals surface area (Å²) in [4.78, 5) is 8.17. The number of phenolic OH excluding ortho intramolecular Hbond substituents is 1. The molecule has 3 aromatic rings. The molecule has 136 valence electrons. The Bertz CT molecular complexity index is 967. The Hall–Kier alpha value is -2.94. The van der Waals surface area contributed by atoms with Crippen LogP contribution in [0.25, 0.3) is 10.9 Å². The minimum absolute atomic E-state index is 0.107. The highest BCUT2D eigenvalue weighted by molar-refractivity contribution is 6.32. The molecule has 0 aliphatic carbocycles. The fraction of sp³-hybridized carbons (Fsp3) is 0.125. The second-order valence-corrected chi connectivity index (χ2v) is 5.49. The Balaban J connectivity index is 1.94. The Morgan fingerprint density at radius 3 is 2.54 bits per heavy atom. The highest BCUT2D eigenvalue weighted by Gasteiger charge is 2.32. The number of fused-ring (bicyclic) bond motifs is 1. The number of alkyl halides is 3. The monoisotopic (exact) mass is 385 g/mol. The number of aromatic hydroxyl groups is 1. The maximum Gasteiger partial charge on any atom is 0.573 e. The largest absolute Gasteiger partial charge is 0.573 e.